The summed E-state index contributed by atoms with van der Waals surface area (Å²) in [6.45, 7) is -0.475. The second-order valence-corrected chi connectivity index (χ2v) is 3.81. The Labute approximate surface area is 101 Å². The van der Waals surface area contributed by atoms with E-state index in [1.54, 1.807) is 0 Å². The van der Waals surface area contributed by atoms with Gasteiger partial charge in [0.15, 0.2) is 17.7 Å². The lowest BCUT2D eigenvalue weighted by atomic mass is 10.1. The van der Waals surface area contributed by atoms with Gasteiger partial charge in [0.05, 0.1) is 6.61 Å². The van der Waals surface area contributed by atoms with Crippen LogP contribution < -0.4 is 11.1 Å². The first-order valence-electron chi connectivity index (χ1n) is 5.14. The number of nitrogen functional groups attached to an aromatic ring is 1. The summed E-state index contributed by atoms with van der Waals surface area (Å²) in [6.07, 6.45) is -4.74. The fraction of sp³-hybridized carbons (Fsp3) is 0.625. The van der Waals surface area contributed by atoms with E-state index in [0.29, 0.717) is 0 Å². The summed E-state index contributed by atoms with van der Waals surface area (Å²) in [7, 11) is 0. The average Bonchev–Trinajstić information content (AvgIpc) is 2.88. The minimum Gasteiger partial charge on any atom is -0.394 e. The highest BCUT2D eigenvalue weighted by Crippen LogP contribution is 2.19. The van der Waals surface area contributed by atoms with Gasteiger partial charge in [-0.25, -0.2) is 5.10 Å². The number of aliphatic hydroxyl groups is 3. The molecule has 1 aromatic heterocycles. The molecule has 2 rings (SSSR count). The van der Waals surface area contributed by atoms with Crippen LogP contribution in [0.5, 0.6) is 0 Å². The number of carbonyl (C=O) groups excluding carboxylic acids is 1. The van der Waals surface area contributed by atoms with Crippen LogP contribution in [-0.4, -0.2) is 67.8 Å². The Bertz CT molecular complexity index is 437. The number of nitrogens with two attached hydrogens (primary N) is 1. The van der Waals surface area contributed by atoms with Crippen molar-refractivity contribution in [2.75, 3.05) is 12.3 Å². The zero-order valence-electron chi connectivity index (χ0n) is 9.15. The summed E-state index contributed by atoms with van der Waals surface area (Å²) in [4.78, 5) is 11.7. The smallest absolute Gasteiger partial charge is 0.277 e. The van der Waals surface area contributed by atoms with Crippen molar-refractivity contribution in [3.8, 4) is 0 Å². The maximum Gasteiger partial charge on any atom is 0.277 e. The number of hydrogen-bond acceptors (Lipinski definition) is 8. The van der Waals surface area contributed by atoms with Gasteiger partial charge >= 0.3 is 0 Å². The van der Waals surface area contributed by atoms with E-state index in [2.05, 4.69) is 20.7 Å². The quantitative estimate of drug-likeness (QED) is 0.326. The van der Waals surface area contributed by atoms with Crippen LogP contribution in [0.4, 0.5) is 5.82 Å². The van der Waals surface area contributed by atoms with Crippen molar-refractivity contribution in [2.24, 2.45) is 0 Å². The Balaban J connectivity index is 2.03. The van der Waals surface area contributed by atoms with Gasteiger partial charge < -0.3 is 31.1 Å². The number of anilines is 1. The van der Waals surface area contributed by atoms with E-state index >= 15 is 0 Å². The van der Waals surface area contributed by atoms with Gasteiger partial charge in [0.2, 0.25) is 0 Å². The summed E-state index contributed by atoms with van der Waals surface area (Å²) >= 11 is 0. The summed E-state index contributed by atoms with van der Waals surface area (Å²) < 4.78 is 5.06. The Hall–Kier alpha value is -1.75. The van der Waals surface area contributed by atoms with E-state index in [4.69, 9.17) is 15.6 Å². The molecule has 1 fully saturated rings. The Kier molecular flexibility index (Phi) is 3.43. The number of aliphatic hydroxyl groups excluding tert-OH is 3. The molecule has 1 amide bonds. The summed E-state index contributed by atoms with van der Waals surface area (Å²) in [5.74, 6) is -0.740. The number of aromatic amines is 1. The largest absolute Gasteiger partial charge is 0.394 e. The van der Waals surface area contributed by atoms with Gasteiger partial charge in [-0.1, -0.05) is 5.21 Å². The minimum absolute atomic E-state index is 0.0285. The predicted octanol–water partition coefficient (Wildman–Crippen LogP) is -3.44. The van der Waals surface area contributed by atoms with Gasteiger partial charge in [-0.2, -0.15) is 0 Å². The molecule has 10 heteroatoms. The van der Waals surface area contributed by atoms with E-state index in [-0.39, 0.29) is 11.5 Å². The number of rotatable bonds is 3. The first-order chi connectivity index (χ1) is 8.54. The van der Waals surface area contributed by atoms with E-state index in [1.165, 1.54) is 0 Å². The summed E-state index contributed by atoms with van der Waals surface area (Å²) in [5.41, 5.74) is 5.25. The molecule has 18 heavy (non-hydrogen) atoms. The van der Waals surface area contributed by atoms with Crippen LogP contribution in [0.3, 0.4) is 0 Å². The molecule has 0 unspecified atom stereocenters. The predicted molar refractivity (Wildman–Crippen MR) is 56.0 cm³/mol. The third kappa shape index (κ3) is 2.13. The number of carbonyl (C=O) groups is 1. The molecule has 2 heterocycles. The molecule has 0 radical (unpaired) electrons. The first-order valence-corrected chi connectivity index (χ1v) is 5.14. The zero-order valence-corrected chi connectivity index (χ0v) is 9.15. The van der Waals surface area contributed by atoms with Crippen LogP contribution in [0.1, 0.15) is 10.5 Å². The van der Waals surface area contributed by atoms with Crippen molar-refractivity contribution < 1.29 is 24.9 Å². The first kappa shape index (κ1) is 12.7. The van der Waals surface area contributed by atoms with Crippen LogP contribution in [0, 0.1) is 0 Å². The fourth-order valence-corrected chi connectivity index (χ4v) is 1.62. The third-order valence-corrected chi connectivity index (χ3v) is 2.61. The second-order valence-electron chi connectivity index (χ2n) is 3.81. The van der Waals surface area contributed by atoms with Gasteiger partial charge in [-0.15, -0.1) is 5.10 Å². The molecule has 1 aliphatic rings. The maximum absolute atomic E-state index is 11.7. The average molecular weight is 259 g/mol. The van der Waals surface area contributed by atoms with Gasteiger partial charge in [0.1, 0.15) is 18.3 Å². The lowest BCUT2D eigenvalue weighted by molar-refractivity contribution is -0.0304. The molecular weight excluding hydrogens is 246 g/mol. The Morgan fingerprint density at radius 3 is 2.72 bits per heavy atom. The second kappa shape index (κ2) is 4.86. The van der Waals surface area contributed by atoms with E-state index in [0.717, 1.165) is 0 Å². The molecule has 1 saturated heterocycles. The molecule has 4 atom stereocenters. The molecule has 0 bridgehead atoms. The molecule has 1 aliphatic heterocycles. The van der Waals surface area contributed by atoms with Crippen molar-refractivity contribution in [3.63, 3.8) is 0 Å². The highest BCUT2D eigenvalue weighted by atomic mass is 16.6. The van der Waals surface area contributed by atoms with Gasteiger partial charge in [-0.3, -0.25) is 4.79 Å². The highest BCUT2D eigenvalue weighted by Gasteiger charge is 2.43. The highest BCUT2D eigenvalue weighted by molar-refractivity contribution is 5.96. The molecule has 0 spiro atoms. The number of amides is 1. The third-order valence-electron chi connectivity index (χ3n) is 2.61. The van der Waals surface area contributed by atoms with E-state index in [9.17, 15) is 15.0 Å². The molecule has 7 N–H and O–H groups in total. The van der Waals surface area contributed by atoms with E-state index < -0.39 is 37.1 Å². The van der Waals surface area contributed by atoms with E-state index in [1.807, 2.05) is 0 Å². The fourth-order valence-electron chi connectivity index (χ4n) is 1.62. The normalized spacial score (nSPS) is 31.5. The zero-order chi connectivity index (χ0) is 13.3. The number of nitrogens with one attached hydrogen (secondary N) is 2. The number of hydrogen-bond donors (Lipinski definition) is 6. The Morgan fingerprint density at radius 1 is 1.50 bits per heavy atom. The maximum atomic E-state index is 11.7. The molecule has 0 saturated carbocycles. The number of nitrogens with zero attached hydrogens (tertiary/aromatic N) is 2. The summed E-state index contributed by atoms with van der Waals surface area (Å²) in [5, 5.41) is 39.3. The summed E-state index contributed by atoms with van der Waals surface area (Å²) in [6, 6.07) is 0. The standard InChI is InChI=1S/C8H13N5O5/c9-6-3(11-13-12-6)7(17)10-8-5(16)4(15)2(1-14)18-8/h2,4-5,8,14-16H,1H2,(H,10,17)(H3,9,11,12,13)/t2-,4-,5-,8-/m0/s1. The minimum atomic E-state index is -1.35. The number of H-pyrrole nitrogens is 1. The lowest BCUT2D eigenvalue weighted by Crippen LogP contribution is -2.44. The molecule has 0 aromatic carbocycles. The molecule has 1 aromatic rings. The molecular formula is C8H13N5O5. The van der Waals surface area contributed by atoms with Crippen molar-refractivity contribution in [3.05, 3.63) is 5.69 Å². The number of ether oxygens (including phenoxy) is 1. The monoisotopic (exact) mass is 259 g/mol. The number of aromatic nitrogens is 3. The Morgan fingerprint density at radius 2 is 2.22 bits per heavy atom. The molecule has 0 aliphatic carbocycles. The van der Waals surface area contributed by atoms with Crippen LogP contribution in [0.2, 0.25) is 0 Å². The van der Waals surface area contributed by atoms with Crippen molar-refractivity contribution >= 4 is 11.7 Å². The molecule has 100 valence electrons. The van der Waals surface area contributed by atoms with Crippen molar-refractivity contribution in [2.45, 2.75) is 24.5 Å². The topological polar surface area (TPSA) is 167 Å². The lowest BCUT2D eigenvalue weighted by Gasteiger charge is -2.15. The van der Waals surface area contributed by atoms with Gasteiger partial charge in [0.25, 0.3) is 5.91 Å². The van der Waals surface area contributed by atoms with Crippen molar-refractivity contribution in [1.82, 2.24) is 20.7 Å². The van der Waals surface area contributed by atoms with Crippen molar-refractivity contribution in [1.29, 1.82) is 0 Å². The van der Waals surface area contributed by atoms with Gasteiger partial charge in [0, 0.05) is 0 Å². The van der Waals surface area contributed by atoms with Crippen LogP contribution >= 0.6 is 0 Å². The van der Waals surface area contributed by atoms with Crippen LogP contribution in [-0.2, 0) is 4.74 Å². The molecule has 10 nitrogen and oxygen atoms in total. The SMILES string of the molecule is Nc1[nH]nnc1C(=O)N[C@H]1O[C@@H](CO)[C@H](O)[C@@H]1O. The van der Waals surface area contributed by atoms with Crippen LogP contribution in [0.25, 0.3) is 0 Å². The van der Waals surface area contributed by atoms with Gasteiger partial charge in [-0.05, 0) is 0 Å². The van der Waals surface area contributed by atoms with Crippen LogP contribution in [0.15, 0.2) is 0 Å².